The molecule has 0 amide bonds. The first kappa shape index (κ1) is 19.8. The van der Waals surface area contributed by atoms with Crippen LogP contribution in [0.4, 0.5) is 0 Å². The van der Waals surface area contributed by atoms with Crippen LogP contribution in [0.2, 0.25) is 0 Å². The molecule has 11 heteroatoms. The van der Waals surface area contributed by atoms with E-state index in [9.17, 15) is 0 Å². The third kappa shape index (κ3) is 7.40. The second-order valence-corrected chi connectivity index (χ2v) is 11.9. The van der Waals surface area contributed by atoms with Crippen LogP contribution in [0.25, 0.3) is 0 Å². The first-order chi connectivity index (χ1) is 7.40. The molecule has 1 aromatic heterocycles. The van der Waals surface area contributed by atoms with Gasteiger partial charge in [0.25, 0.3) is 0 Å². The molecule has 1 saturated heterocycles. The summed E-state index contributed by atoms with van der Waals surface area (Å²) in [7, 11) is 0. The van der Waals surface area contributed by atoms with E-state index >= 15 is 0 Å². The molecule has 0 radical (unpaired) electrons. The number of hydrogen-bond acceptors (Lipinski definition) is 10. The molecule has 2 unspecified atom stereocenters. The van der Waals surface area contributed by atoms with Crippen molar-refractivity contribution < 1.29 is 19.5 Å². The van der Waals surface area contributed by atoms with E-state index in [-0.39, 0.29) is 28.6 Å². The van der Waals surface area contributed by atoms with Crippen LogP contribution in [0.1, 0.15) is 0 Å². The summed E-state index contributed by atoms with van der Waals surface area (Å²) < 4.78 is 3.51. The summed E-state index contributed by atoms with van der Waals surface area (Å²) >= 11 is 35.2. The summed E-state index contributed by atoms with van der Waals surface area (Å²) in [4.78, 5) is 0. The zero-order valence-electron chi connectivity index (χ0n) is 7.94. The van der Waals surface area contributed by atoms with Crippen molar-refractivity contribution in [2.45, 2.75) is 17.6 Å². The Morgan fingerprint density at radius 1 is 0.882 bits per heavy atom. The average Bonchev–Trinajstić information content (AvgIpc) is 2.58. The van der Waals surface area contributed by atoms with Crippen molar-refractivity contribution >= 4 is 125 Å². The van der Waals surface area contributed by atoms with Gasteiger partial charge in [0.05, 0.1) is 0 Å². The zero-order valence-corrected chi connectivity index (χ0v) is 19.1. The third-order valence-electron chi connectivity index (χ3n) is 1.17. The number of thiocarbonyl (C=S) groups is 1. The van der Waals surface area contributed by atoms with Crippen LogP contribution in [-0.4, -0.2) is 12.7 Å². The van der Waals surface area contributed by atoms with Crippen LogP contribution < -0.4 is 0 Å². The van der Waals surface area contributed by atoms with Crippen molar-refractivity contribution in [2.75, 3.05) is 0 Å². The monoisotopic (exact) mass is 458 g/mol. The molecule has 0 nitrogen and oxygen atoms in total. The molecule has 2 atom stereocenters. The first-order valence-electron chi connectivity index (χ1n) is 3.57. The van der Waals surface area contributed by atoms with Gasteiger partial charge in [-0.1, -0.05) is 12.2 Å². The minimum atomic E-state index is 0. The largest absolute Gasteiger partial charge is 0.779 e. The summed E-state index contributed by atoms with van der Waals surface area (Å²) in [6, 6.07) is 0. The van der Waals surface area contributed by atoms with Gasteiger partial charge in [-0.3, -0.25) is 0 Å². The minimum absolute atomic E-state index is 0. The first-order valence-corrected chi connectivity index (χ1v) is 9.54. The molecule has 0 spiro atoms. The average molecular weight is 460 g/mol. The molecule has 0 aliphatic carbocycles. The summed E-state index contributed by atoms with van der Waals surface area (Å²) in [5.74, 6) is 0. The summed E-state index contributed by atoms with van der Waals surface area (Å²) in [6.45, 7) is 0. The van der Waals surface area contributed by atoms with Crippen molar-refractivity contribution in [2.24, 2.45) is 0 Å². The number of rotatable bonds is 0. The molecule has 1 aromatic rings. The fourth-order valence-electron chi connectivity index (χ4n) is 0.584. The van der Waals surface area contributed by atoms with Crippen LogP contribution in [0.3, 0.4) is 0 Å². The van der Waals surface area contributed by atoms with Gasteiger partial charge in [-0.15, -0.1) is 53.3 Å². The quantitative estimate of drug-likeness (QED) is 0.322. The predicted octanol–water partition coefficient (Wildman–Crippen LogP) is 3.85. The second-order valence-electron chi connectivity index (χ2n) is 2.25. The zero-order chi connectivity index (χ0) is 12.3. The maximum atomic E-state index is 4.95. The molecule has 0 saturated carbocycles. The minimum Gasteiger partial charge on any atom is -0.779 e. The predicted molar refractivity (Wildman–Crippen MR) is 94.4 cm³/mol. The van der Waals surface area contributed by atoms with Crippen molar-refractivity contribution in [3.63, 3.8) is 0 Å². The molecule has 92 valence electrons. The van der Waals surface area contributed by atoms with Gasteiger partial charge in [0.2, 0.25) is 0 Å². The Balaban J connectivity index is 0.000000284. The Kier molecular flexibility index (Phi) is 11.3. The van der Waals surface area contributed by atoms with Crippen molar-refractivity contribution in [1.29, 1.82) is 0 Å². The molecule has 0 bridgehead atoms. The van der Waals surface area contributed by atoms with E-state index in [1.807, 2.05) is 0 Å². The molecule has 0 aromatic carbocycles. The van der Waals surface area contributed by atoms with Gasteiger partial charge in [0.15, 0.2) is 0 Å². The SMILES string of the molecule is S=C1SC([S-])C([S-])S1.S=c1sc([S-])c([S-])s1.[Zn]. The molecule has 17 heavy (non-hydrogen) atoms. The van der Waals surface area contributed by atoms with E-state index < -0.39 is 0 Å². The Hall–Kier alpha value is 2.82. The summed E-state index contributed by atoms with van der Waals surface area (Å²) in [5.41, 5.74) is 0. The van der Waals surface area contributed by atoms with E-state index in [4.69, 9.17) is 75.0 Å². The summed E-state index contributed by atoms with van der Waals surface area (Å²) in [5, 5.41) is 0. The van der Waals surface area contributed by atoms with Gasteiger partial charge >= 0.3 is 0 Å². The van der Waals surface area contributed by atoms with E-state index in [2.05, 4.69) is 0 Å². The fourth-order valence-corrected chi connectivity index (χ4v) is 7.90. The fraction of sp³-hybridized carbons (Fsp3) is 0.333. The molecule has 1 fully saturated rings. The van der Waals surface area contributed by atoms with Gasteiger partial charge in [-0.05, 0) is 3.14 Å². The van der Waals surface area contributed by atoms with Gasteiger partial charge in [0, 0.05) is 19.5 Å². The molecule has 1 aliphatic rings. The summed E-state index contributed by atoms with van der Waals surface area (Å²) in [6.07, 6.45) is 0. The molecule has 2 rings (SSSR count). The van der Waals surface area contributed by atoms with Gasteiger partial charge in [-0.25, -0.2) is 0 Å². The number of thioether (sulfide) groups is 2. The standard InChI is InChI=1S/C3H4S5.C3H2S5.Zn/c2*4-1-2(5)8-3(6)7-1;/h1-2,4-5H;4-5H;/p-4. The second kappa shape index (κ2) is 9.70. The molecule has 2 heterocycles. The van der Waals surface area contributed by atoms with Crippen LogP contribution in [0, 0.1) is 3.14 Å². The van der Waals surface area contributed by atoms with Crippen LogP contribution in [0.15, 0.2) is 8.42 Å². The smallest absolute Gasteiger partial charge is 0.100 e. The maximum Gasteiger partial charge on any atom is 0.100 e. The Morgan fingerprint density at radius 3 is 1.35 bits per heavy atom. The van der Waals surface area contributed by atoms with E-state index in [1.165, 1.54) is 46.2 Å². The Morgan fingerprint density at radius 2 is 1.24 bits per heavy atom. The molecule has 0 N–H and O–H groups in total. The van der Waals surface area contributed by atoms with Crippen molar-refractivity contribution in [3.8, 4) is 0 Å². The number of hydrogen-bond donors (Lipinski definition) is 0. The van der Waals surface area contributed by atoms with Crippen LogP contribution >= 0.6 is 70.6 Å². The topological polar surface area (TPSA) is 0 Å². The van der Waals surface area contributed by atoms with Gasteiger partial charge < -0.3 is 73.2 Å². The van der Waals surface area contributed by atoms with E-state index in [1.54, 1.807) is 0 Å². The normalized spacial score (nSPS) is 22.6. The van der Waals surface area contributed by atoms with Crippen molar-refractivity contribution in [1.82, 2.24) is 0 Å². The van der Waals surface area contributed by atoms with E-state index in [0.717, 1.165) is 15.1 Å². The Bertz CT molecular complexity index is 386. The van der Waals surface area contributed by atoms with Gasteiger partial charge in [0.1, 0.15) is 3.53 Å². The maximum absolute atomic E-state index is 4.95. The molecule has 1 aliphatic heterocycles. The van der Waals surface area contributed by atoms with Crippen LogP contribution in [-0.2, 0) is 70.0 Å². The van der Waals surface area contributed by atoms with Gasteiger partial charge in [-0.2, -0.15) is 0 Å². The third-order valence-corrected chi connectivity index (χ3v) is 9.06. The van der Waals surface area contributed by atoms with Crippen LogP contribution in [0.5, 0.6) is 0 Å². The molecular formula is C6H2S10Zn-4. The van der Waals surface area contributed by atoms with Crippen molar-refractivity contribution in [3.05, 3.63) is 3.14 Å². The Labute approximate surface area is 162 Å². The van der Waals surface area contributed by atoms with E-state index in [0.29, 0.717) is 0 Å². The molecular weight excluding hydrogens is 458 g/mol.